The molecule has 22 heavy (non-hydrogen) atoms. The Hall–Kier alpha value is -1.59. The highest BCUT2D eigenvalue weighted by atomic mass is 35.5. The van der Waals surface area contributed by atoms with Crippen molar-refractivity contribution in [1.82, 2.24) is 19.7 Å². The van der Waals surface area contributed by atoms with Crippen LogP contribution in [0, 0.1) is 0 Å². The summed E-state index contributed by atoms with van der Waals surface area (Å²) in [6, 6.07) is 4.93. The van der Waals surface area contributed by atoms with Gasteiger partial charge in [-0.1, -0.05) is 23.2 Å². The number of halogens is 2. The van der Waals surface area contributed by atoms with Gasteiger partial charge in [-0.05, 0) is 31.0 Å². The van der Waals surface area contributed by atoms with Crippen LogP contribution in [-0.2, 0) is 7.05 Å². The van der Waals surface area contributed by atoms with Crippen molar-refractivity contribution < 1.29 is 4.79 Å². The monoisotopic (exact) mass is 338 g/mol. The SMILES string of the molecule is Cn1cnnc1[C@@H]1CCCN(C(=O)c2cc(Cl)cc(Cl)c2)C1. The molecule has 0 saturated carbocycles. The molecule has 116 valence electrons. The Morgan fingerprint density at radius 1 is 1.27 bits per heavy atom. The molecule has 0 spiro atoms. The number of hydrogen-bond acceptors (Lipinski definition) is 3. The van der Waals surface area contributed by atoms with Gasteiger partial charge in [0.1, 0.15) is 12.2 Å². The lowest BCUT2D eigenvalue weighted by Gasteiger charge is -2.32. The van der Waals surface area contributed by atoms with Gasteiger partial charge in [-0.25, -0.2) is 0 Å². The Bertz CT molecular complexity index is 680. The highest BCUT2D eigenvalue weighted by molar-refractivity contribution is 6.35. The number of aryl methyl sites for hydroxylation is 1. The lowest BCUT2D eigenvalue weighted by molar-refractivity contribution is 0.0703. The largest absolute Gasteiger partial charge is 0.338 e. The molecule has 1 aliphatic heterocycles. The summed E-state index contributed by atoms with van der Waals surface area (Å²) in [6.07, 6.45) is 3.64. The molecule has 1 atom stereocenters. The van der Waals surface area contributed by atoms with Crippen LogP contribution in [-0.4, -0.2) is 38.7 Å². The maximum Gasteiger partial charge on any atom is 0.253 e. The van der Waals surface area contributed by atoms with Crippen LogP contribution in [0.2, 0.25) is 10.0 Å². The van der Waals surface area contributed by atoms with Gasteiger partial charge in [0.05, 0.1) is 0 Å². The molecule has 2 aromatic rings. The summed E-state index contributed by atoms with van der Waals surface area (Å²) in [6.45, 7) is 1.37. The number of carbonyl (C=O) groups is 1. The van der Waals surface area contributed by atoms with E-state index in [0.29, 0.717) is 22.2 Å². The number of aromatic nitrogens is 3. The summed E-state index contributed by atoms with van der Waals surface area (Å²) < 4.78 is 1.91. The second kappa shape index (κ2) is 6.26. The fourth-order valence-corrected chi connectivity index (χ4v) is 3.42. The van der Waals surface area contributed by atoms with Crippen LogP contribution in [0.4, 0.5) is 0 Å². The molecule has 0 radical (unpaired) electrons. The van der Waals surface area contributed by atoms with Crippen molar-refractivity contribution in [3.05, 3.63) is 46.0 Å². The van der Waals surface area contributed by atoms with E-state index in [1.165, 1.54) is 0 Å². The predicted octanol–water partition coefficient (Wildman–Crippen LogP) is 3.14. The highest BCUT2D eigenvalue weighted by Crippen LogP contribution is 2.27. The Morgan fingerprint density at radius 3 is 2.64 bits per heavy atom. The average Bonchev–Trinajstić information content (AvgIpc) is 2.92. The van der Waals surface area contributed by atoms with Crippen LogP contribution in [0.1, 0.15) is 34.9 Å². The van der Waals surface area contributed by atoms with Gasteiger partial charge in [-0.15, -0.1) is 10.2 Å². The third-order valence-electron chi connectivity index (χ3n) is 3.93. The van der Waals surface area contributed by atoms with E-state index in [2.05, 4.69) is 10.2 Å². The van der Waals surface area contributed by atoms with Crippen molar-refractivity contribution in [3.63, 3.8) is 0 Å². The van der Waals surface area contributed by atoms with Gasteiger partial charge in [0.2, 0.25) is 0 Å². The Balaban J connectivity index is 1.79. The normalized spacial score (nSPS) is 18.5. The number of carbonyl (C=O) groups excluding carboxylic acids is 1. The van der Waals surface area contributed by atoms with Crippen LogP contribution < -0.4 is 0 Å². The summed E-state index contributed by atoms with van der Waals surface area (Å²) in [7, 11) is 1.92. The van der Waals surface area contributed by atoms with Crippen molar-refractivity contribution >= 4 is 29.1 Å². The molecule has 5 nitrogen and oxygen atoms in total. The minimum atomic E-state index is -0.0451. The lowest BCUT2D eigenvalue weighted by Crippen LogP contribution is -2.39. The van der Waals surface area contributed by atoms with E-state index in [1.807, 2.05) is 16.5 Å². The number of piperidine rings is 1. The first-order valence-corrected chi connectivity index (χ1v) is 7.89. The van der Waals surface area contributed by atoms with Crippen molar-refractivity contribution in [1.29, 1.82) is 0 Å². The van der Waals surface area contributed by atoms with Crippen molar-refractivity contribution in [2.24, 2.45) is 7.05 Å². The van der Waals surface area contributed by atoms with Crippen molar-refractivity contribution in [2.75, 3.05) is 13.1 Å². The number of benzene rings is 1. The molecular formula is C15H16Cl2N4O. The minimum Gasteiger partial charge on any atom is -0.338 e. The van der Waals surface area contributed by atoms with E-state index in [-0.39, 0.29) is 11.8 Å². The standard InChI is InChI=1S/C15H16Cl2N4O/c1-20-9-18-19-14(20)10-3-2-4-21(8-10)15(22)11-5-12(16)7-13(17)6-11/h5-7,9-10H,2-4,8H2,1H3/t10-/m1/s1. The Kier molecular flexibility index (Phi) is 4.36. The fourth-order valence-electron chi connectivity index (χ4n) is 2.89. The first-order valence-electron chi connectivity index (χ1n) is 7.14. The zero-order valence-electron chi connectivity index (χ0n) is 12.2. The summed E-state index contributed by atoms with van der Waals surface area (Å²) in [5.74, 6) is 1.08. The summed E-state index contributed by atoms with van der Waals surface area (Å²) in [4.78, 5) is 14.5. The third-order valence-corrected chi connectivity index (χ3v) is 4.37. The zero-order valence-corrected chi connectivity index (χ0v) is 13.7. The molecule has 0 N–H and O–H groups in total. The molecule has 1 saturated heterocycles. The van der Waals surface area contributed by atoms with E-state index >= 15 is 0 Å². The molecule has 7 heteroatoms. The van der Waals surface area contributed by atoms with Gasteiger partial charge >= 0.3 is 0 Å². The maximum atomic E-state index is 12.7. The number of likely N-dealkylation sites (tertiary alicyclic amines) is 1. The molecule has 0 aliphatic carbocycles. The molecule has 2 heterocycles. The molecule has 0 unspecified atom stereocenters. The molecule has 0 bridgehead atoms. The van der Waals surface area contributed by atoms with Crippen LogP contribution in [0.15, 0.2) is 24.5 Å². The van der Waals surface area contributed by atoms with E-state index < -0.39 is 0 Å². The van der Waals surface area contributed by atoms with E-state index in [1.54, 1.807) is 24.5 Å². The van der Waals surface area contributed by atoms with Crippen LogP contribution in [0.25, 0.3) is 0 Å². The number of rotatable bonds is 2. The van der Waals surface area contributed by atoms with Crippen LogP contribution in [0.3, 0.4) is 0 Å². The number of nitrogens with zero attached hydrogens (tertiary/aromatic N) is 4. The van der Waals surface area contributed by atoms with Gasteiger partial charge in [0, 0.05) is 41.7 Å². The van der Waals surface area contributed by atoms with Crippen molar-refractivity contribution in [2.45, 2.75) is 18.8 Å². The molecule has 1 amide bonds. The van der Waals surface area contributed by atoms with Crippen LogP contribution in [0.5, 0.6) is 0 Å². The van der Waals surface area contributed by atoms with Gasteiger partial charge < -0.3 is 9.47 Å². The molecule has 1 fully saturated rings. The van der Waals surface area contributed by atoms with Gasteiger partial charge in [0.15, 0.2) is 0 Å². The van der Waals surface area contributed by atoms with E-state index in [9.17, 15) is 4.79 Å². The number of amides is 1. The van der Waals surface area contributed by atoms with Crippen molar-refractivity contribution in [3.8, 4) is 0 Å². The Morgan fingerprint density at radius 2 is 2.00 bits per heavy atom. The zero-order chi connectivity index (χ0) is 15.7. The predicted molar refractivity (Wildman–Crippen MR) is 85.3 cm³/mol. The minimum absolute atomic E-state index is 0.0451. The molecule has 3 rings (SSSR count). The summed E-state index contributed by atoms with van der Waals surface area (Å²) in [5.41, 5.74) is 0.524. The van der Waals surface area contributed by atoms with E-state index in [4.69, 9.17) is 23.2 Å². The molecule has 1 aliphatic rings. The van der Waals surface area contributed by atoms with Gasteiger partial charge in [-0.2, -0.15) is 0 Å². The molecule has 1 aromatic carbocycles. The maximum absolute atomic E-state index is 12.7. The second-order valence-electron chi connectivity index (χ2n) is 5.55. The Labute approximate surface area is 138 Å². The van der Waals surface area contributed by atoms with E-state index in [0.717, 1.165) is 25.2 Å². The first kappa shape index (κ1) is 15.3. The summed E-state index contributed by atoms with van der Waals surface area (Å²) in [5, 5.41) is 9.03. The quantitative estimate of drug-likeness (QED) is 0.845. The highest BCUT2D eigenvalue weighted by Gasteiger charge is 2.28. The summed E-state index contributed by atoms with van der Waals surface area (Å²) >= 11 is 12.0. The molecule has 1 aromatic heterocycles. The fraction of sp³-hybridized carbons (Fsp3) is 0.400. The molecular weight excluding hydrogens is 323 g/mol. The topological polar surface area (TPSA) is 51.0 Å². The van der Waals surface area contributed by atoms with Gasteiger partial charge in [-0.3, -0.25) is 4.79 Å². The van der Waals surface area contributed by atoms with Gasteiger partial charge in [0.25, 0.3) is 5.91 Å². The van der Waals surface area contributed by atoms with Crippen LogP contribution >= 0.6 is 23.2 Å². The second-order valence-corrected chi connectivity index (χ2v) is 6.42. The third kappa shape index (κ3) is 3.10. The first-order chi connectivity index (χ1) is 10.5. The number of hydrogen-bond donors (Lipinski definition) is 0. The smallest absolute Gasteiger partial charge is 0.253 e. The lowest BCUT2D eigenvalue weighted by atomic mass is 9.96. The average molecular weight is 339 g/mol.